The Morgan fingerprint density at radius 3 is 2.33 bits per heavy atom. The molecule has 6 nitrogen and oxygen atoms in total. The lowest BCUT2D eigenvalue weighted by atomic mass is 10.1. The molecular weight excluding hydrogens is 438 g/mol. The Hall–Kier alpha value is -2.51. The molecule has 0 aliphatic rings. The third-order valence-electron chi connectivity index (χ3n) is 3.73. The normalized spacial score (nSPS) is 11.1. The standard InChI is InChI=1S/C19H17BrClNO5/c1-10(11-4-5-14(21)13(20)7-11)6-18(23)22-15-9-17(27-3)16(26-2)8-12(15)19(24)25/h4-9H,1-3H3,(H,22,23)(H,24,25)/b10-6-. The van der Waals surface area contributed by atoms with Gasteiger partial charge < -0.3 is 19.9 Å². The van der Waals surface area contributed by atoms with Gasteiger partial charge in [0.1, 0.15) is 0 Å². The zero-order valence-electron chi connectivity index (χ0n) is 14.8. The van der Waals surface area contributed by atoms with Gasteiger partial charge in [0.05, 0.1) is 30.5 Å². The van der Waals surface area contributed by atoms with E-state index in [1.54, 1.807) is 25.1 Å². The number of hydrogen-bond donors (Lipinski definition) is 2. The van der Waals surface area contributed by atoms with Crippen LogP contribution in [0.1, 0.15) is 22.8 Å². The molecule has 0 radical (unpaired) electrons. The topological polar surface area (TPSA) is 84.9 Å². The lowest BCUT2D eigenvalue weighted by molar-refractivity contribution is -0.111. The van der Waals surface area contributed by atoms with Gasteiger partial charge in [0.25, 0.3) is 0 Å². The molecule has 0 unspecified atom stereocenters. The average Bonchev–Trinajstić information content (AvgIpc) is 2.63. The first-order valence-electron chi connectivity index (χ1n) is 7.70. The molecule has 0 aliphatic heterocycles. The molecule has 0 saturated heterocycles. The van der Waals surface area contributed by atoms with Crippen LogP contribution in [0.4, 0.5) is 5.69 Å². The fourth-order valence-electron chi connectivity index (χ4n) is 2.35. The lowest BCUT2D eigenvalue weighted by Gasteiger charge is -2.13. The van der Waals surface area contributed by atoms with E-state index in [1.807, 2.05) is 0 Å². The summed E-state index contributed by atoms with van der Waals surface area (Å²) in [6.07, 6.45) is 1.37. The summed E-state index contributed by atoms with van der Waals surface area (Å²) in [4.78, 5) is 23.9. The summed E-state index contributed by atoms with van der Waals surface area (Å²) in [5, 5.41) is 12.5. The van der Waals surface area contributed by atoms with Crippen molar-refractivity contribution in [3.63, 3.8) is 0 Å². The number of carboxylic acids is 1. The summed E-state index contributed by atoms with van der Waals surface area (Å²) in [7, 11) is 2.82. The van der Waals surface area contributed by atoms with E-state index in [2.05, 4.69) is 21.2 Å². The Balaban J connectivity index is 2.33. The second-order valence-electron chi connectivity index (χ2n) is 5.50. The first kappa shape index (κ1) is 20.8. The largest absolute Gasteiger partial charge is 0.493 e. The van der Waals surface area contributed by atoms with E-state index in [9.17, 15) is 14.7 Å². The van der Waals surface area contributed by atoms with Crippen molar-refractivity contribution in [1.29, 1.82) is 0 Å². The smallest absolute Gasteiger partial charge is 0.337 e. The van der Waals surface area contributed by atoms with E-state index in [4.69, 9.17) is 21.1 Å². The van der Waals surface area contributed by atoms with E-state index in [0.29, 0.717) is 20.8 Å². The summed E-state index contributed by atoms with van der Waals surface area (Å²) < 4.78 is 11.0. The number of carboxylic acid groups (broad SMARTS) is 1. The van der Waals surface area contributed by atoms with Crippen molar-refractivity contribution < 1.29 is 24.2 Å². The summed E-state index contributed by atoms with van der Waals surface area (Å²) in [6.45, 7) is 1.77. The summed E-state index contributed by atoms with van der Waals surface area (Å²) in [5.41, 5.74) is 1.47. The van der Waals surface area contributed by atoms with Gasteiger partial charge in [-0.1, -0.05) is 17.7 Å². The van der Waals surface area contributed by atoms with Crippen molar-refractivity contribution in [1.82, 2.24) is 0 Å². The second-order valence-corrected chi connectivity index (χ2v) is 6.76. The summed E-state index contributed by atoms with van der Waals surface area (Å²) in [5.74, 6) is -1.12. The first-order chi connectivity index (χ1) is 12.8. The molecule has 0 fully saturated rings. The minimum Gasteiger partial charge on any atom is -0.493 e. The molecule has 0 aromatic heterocycles. The minimum atomic E-state index is -1.20. The molecule has 1 amide bonds. The Morgan fingerprint density at radius 1 is 1.15 bits per heavy atom. The fourth-order valence-corrected chi connectivity index (χ4v) is 2.85. The van der Waals surface area contributed by atoms with Crippen molar-refractivity contribution in [2.24, 2.45) is 0 Å². The number of anilines is 1. The summed E-state index contributed by atoms with van der Waals surface area (Å²) in [6, 6.07) is 7.99. The number of hydrogen-bond acceptors (Lipinski definition) is 4. The van der Waals surface area contributed by atoms with Gasteiger partial charge in [-0.25, -0.2) is 4.79 Å². The Morgan fingerprint density at radius 2 is 1.78 bits per heavy atom. The molecule has 27 heavy (non-hydrogen) atoms. The maximum atomic E-state index is 12.4. The quantitative estimate of drug-likeness (QED) is 0.609. The van der Waals surface area contributed by atoms with Crippen molar-refractivity contribution in [3.8, 4) is 11.5 Å². The maximum absolute atomic E-state index is 12.4. The zero-order valence-corrected chi connectivity index (χ0v) is 17.1. The molecule has 2 N–H and O–H groups in total. The molecule has 0 heterocycles. The number of nitrogens with one attached hydrogen (secondary N) is 1. The van der Waals surface area contributed by atoms with Crippen LogP contribution in [0, 0.1) is 0 Å². The van der Waals surface area contributed by atoms with Gasteiger partial charge in [-0.05, 0) is 46.1 Å². The molecule has 0 aliphatic carbocycles. The van der Waals surface area contributed by atoms with Crippen LogP contribution in [0.15, 0.2) is 40.9 Å². The van der Waals surface area contributed by atoms with Crippen molar-refractivity contribution in [2.45, 2.75) is 6.92 Å². The van der Waals surface area contributed by atoms with E-state index in [0.717, 1.165) is 5.56 Å². The number of halogens is 2. The highest BCUT2D eigenvalue weighted by molar-refractivity contribution is 9.10. The fraction of sp³-hybridized carbons (Fsp3) is 0.158. The second kappa shape index (κ2) is 8.92. The van der Waals surface area contributed by atoms with Gasteiger partial charge in [-0.3, -0.25) is 4.79 Å². The van der Waals surface area contributed by atoms with Crippen molar-refractivity contribution in [3.05, 3.63) is 57.0 Å². The van der Waals surface area contributed by atoms with Crippen LogP contribution in [-0.4, -0.2) is 31.2 Å². The van der Waals surface area contributed by atoms with E-state index >= 15 is 0 Å². The van der Waals surface area contributed by atoms with Crippen LogP contribution in [0.5, 0.6) is 11.5 Å². The lowest BCUT2D eigenvalue weighted by Crippen LogP contribution is -2.13. The van der Waals surface area contributed by atoms with Gasteiger partial charge in [0.2, 0.25) is 5.91 Å². The number of carbonyl (C=O) groups excluding carboxylic acids is 1. The molecule has 142 valence electrons. The van der Waals surface area contributed by atoms with Crippen LogP contribution in [0.25, 0.3) is 5.57 Å². The van der Waals surface area contributed by atoms with E-state index in [1.165, 1.54) is 32.4 Å². The average molecular weight is 455 g/mol. The molecule has 8 heteroatoms. The number of amides is 1. The molecule has 0 atom stereocenters. The van der Waals surface area contributed by atoms with Crippen LogP contribution >= 0.6 is 27.5 Å². The third kappa shape index (κ3) is 5.02. The van der Waals surface area contributed by atoms with Crippen LogP contribution in [0.3, 0.4) is 0 Å². The Labute approximate surface area is 169 Å². The van der Waals surface area contributed by atoms with Gasteiger partial charge >= 0.3 is 5.97 Å². The number of benzene rings is 2. The number of aromatic carboxylic acids is 1. The van der Waals surface area contributed by atoms with Crippen molar-refractivity contribution >= 4 is 50.7 Å². The van der Waals surface area contributed by atoms with Gasteiger partial charge in [-0.2, -0.15) is 0 Å². The number of ether oxygens (including phenoxy) is 2. The van der Waals surface area contributed by atoms with E-state index < -0.39 is 11.9 Å². The van der Waals surface area contributed by atoms with E-state index in [-0.39, 0.29) is 17.0 Å². The number of allylic oxidation sites excluding steroid dienone is 1. The number of rotatable bonds is 6. The highest BCUT2D eigenvalue weighted by atomic mass is 79.9. The molecule has 0 saturated carbocycles. The minimum absolute atomic E-state index is 0.103. The highest BCUT2D eigenvalue weighted by Crippen LogP contribution is 2.33. The Kier molecular flexibility index (Phi) is 6.87. The van der Waals surface area contributed by atoms with Gasteiger partial charge in [0.15, 0.2) is 11.5 Å². The number of carbonyl (C=O) groups is 2. The predicted molar refractivity (Wildman–Crippen MR) is 108 cm³/mol. The SMILES string of the molecule is COc1cc(NC(=O)/C=C(/C)c2ccc(Cl)c(Br)c2)c(C(=O)O)cc1OC. The molecule has 0 bridgehead atoms. The maximum Gasteiger partial charge on any atom is 0.337 e. The van der Waals surface area contributed by atoms with Crippen LogP contribution in [0.2, 0.25) is 5.02 Å². The Bertz CT molecular complexity index is 927. The van der Waals surface area contributed by atoms with Crippen LogP contribution < -0.4 is 14.8 Å². The molecule has 2 aromatic carbocycles. The first-order valence-corrected chi connectivity index (χ1v) is 8.88. The molecule has 0 spiro atoms. The third-order valence-corrected chi connectivity index (χ3v) is 4.95. The molecular formula is C19H17BrClNO5. The van der Waals surface area contributed by atoms with Crippen LogP contribution in [-0.2, 0) is 4.79 Å². The summed E-state index contributed by atoms with van der Waals surface area (Å²) >= 11 is 9.31. The van der Waals surface area contributed by atoms with Gasteiger partial charge in [-0.15, -0.1) is 0 Å². The monoisotopic (exact) mass is 453 g/mol. The molecule has 2 rings (SSSR count). The van der Waals surface area contributed by atoms with Crippen molar-refractivity contribution in [2.75, 3.05) is 19.5 Å². The molecule has 2 aromatic rings. The number of methoxy groups -OCH3 is 2. The highest BCUT2D eigenvalue weighted by Gasteiger charge is 2.17. The van der Waals surface area contributed by atoms with Gasteiger partial charge in [0, 0.05) is 22.7 Å². The zero-order chi connectivity index (χ0) is 20.1. The predicted octanol–water partition coefficient (Wildman–Crippen LogP) is 4.86.